The van der Waals surface area contributed by atoms with Crippen molar-refractivity contribution < 1.29 is 14.6 Å². The van der Waals surface area contributed by atoms with Crippen LogP contribution in [0.15, 0.2) is 79.1 Å². The largest absolute Gasteiger partial charge is 0.457 e. The zero-order valence-corrected chi connectivity index (χ0v) is 16.8. The standard InChI is InChI=1S/C23H21N5O3/c1-16-13-21(9-11-24-16)31-20-7-5-18(6-8-20)26-23(30)27-22-10-12-25-28(22)19-4-2-3-17(14-19)15-29/h2-14,29H,15H2,1H3,(H2,26,27,30). The maximum Gasteiger partial charge on any atom is 0.324 e. The van der Waals surface area contributed by atoms with Crippen LogP contribution >= 0.6 is 0 Å². The summed E-state index contributed by atoms with van der Waals surface area (Å²) in [5, 5.41) is 19.2. The number of benzene rings is 2. The SMILES string of the molecule is Cc1cc(Oc2ccc(NC(=O)Nc3ccnn3-c3cccc(CO)c3)cc2)ccn1. The Bertz CT molecular complexity index is 1190. The second-order valence-electron chi connectivity index (χ2n) is 6.79. The van der Waals surface area contributed by atoms with E-state index >= 15 is 0 Å². The van der Waals surface area contributed by atoms with Crippen molar-refractivity contribution in [1.29, 1.82) is 0 Å². The molecule has 156 valence electrons. The highest BCUT2D eigenvalue weighted by molar-refractivity contribution is 5.99. The first-order valence-corrected chi connectivity index (χ1v) is 9.63. The van der Waals surface area contributed by atoms with Gasteiger partial charge in [0, 0.05) is 29.7 Å². The molecule has 2 amide bonds. The Labute approximate surface area is 179 Å². The number of aromatic nitrogens is 3. The second kappa shape index (κ2) is 9.10. The van der Waals surface area contributed by atoms with Crippen LogP contribution in [-0.2, 0) is 6.61 Å². The topological polar surface area (TPSA) is 101 Å². The molecule has 2 heterocycles. The smallest absolute Gasteiger partial charge is 0.324 e. The number of pyridine rings is 1. The molecule has 0 aliphatic heterocycles. The van der Waals surface area contributed by atoms with E-state index in [1.165, 1.54) is 0 Å². The molecule has 0 radical (unpaired) electrons. The Kier molecular flexibility index (Phi) is 5.91. The van der Waals surface area contributed by atoms with Crippen molar-refractivity contribution in [1.82, 2.24) is 14.8 Å². The molecule has 0 saturated heterocycles. The average molecular weight is 415 g/mol. The minimum atomic E-state index is -0.404. The normalized spacial score (nSPS) is 10.5. The summed E-state index contributed by atoms with van der Waals surface area (Å²) >= 11 is 0. The summed E-state index contributed by atoms with van der Waals surface area (Å²) in [4.78, 5) is 16.6. The van der Waals surface area contributed by atoms with Crippen molar-refractivity contribution in [2.75, 3.05) is 10.6 Å². The van der Waals surface area contributed by atoms with Crippen LogP contribution in [0.2, 0.25) is 0 Å². The highest BCUT2D eigenvalue weighted by Crippen LogP contribution is 2.23. The minimum absolute atomic E-state index is 0.0706. The van der Waals surface area contributed by atoms with Gasteiger partial charge in [-0.1, -0.05) is 12.1 Å². The monoisotopic (exact) mass is 415 g/mol. The number of rotatable bonds is 6. The number of aliphatic hydroxyl groups excluding tert-OH is 1. The molecule has 0 aliphatic rings. The third-order valence-electron chi connectivity index (χ3n) is 4.44. The molecule has 4 aromatic rings. The Balaban J connectivity index is 1.40. The van der Waals surface area contributed by atoms with E-state index in [-0.39, 0.29) is 6.61 Å². The number of hydrogen-bond acceptors (Lipinski definition) is 5. The lowest BCUT2D eigenvalue weighted by atomic mass is 10.2. The van der Waals surface area contributed by atoms with Crippen LogP contribution in [0.25, 0.3) is 5.69 Å². The lowest BCUT2D eigenvalue weighted by molar-refractivity contribution is 0.262. The summed E-state index contributed by atoms with van der Waals surface area (Å²) < 4.78 is 7.38. The molecule has 2 aromatic carbocycles. The van der Waals surface area contributed by atoms with Gasteiger partial charge in [-0.15, -0.1) is 0 Å². The highest BCUT2D eigenvalue weighted by atomic mass is 16.5. The zero-order valence-electron chi connectivity index (χ0n) is 16.8. The van der Waals surface area contributed by atoms with Gasteiger partial charge in [-0.05, 0) is 55.0 Å². The van der Waals surface area contributed by atoms with Gasteiger partial charge in [0.1, 0.15) is 17.3 Å². The molecular weight excluding hydrogens is 394 g/mol. The number of nitrogens with zero attached hydrogens (tertiary/aromatic N) is 3. The molecule has 0 saturated carbocycles. The summed E-state index contributed by atoms with van der Waals surface area (Å²) in [6.45, 7) is 1.83. The fourth-order valence-corrected chi connectivity index (χ4v) is 2.99. The zero-order chi connectivity index (χ0) is 21.6. The Morgan fingerprint density at radius 1 is 1.00 bits per heavy atom. The van der Waals surface area contributed by atoms with Crippen molar-refractivity contribution >= 4 is 17.5 Å². The van der Waals surface area contributed by atoms with Crippen LogP contribution < -0.4 is 15.4 Å². The number of hydrogen-bond donors (Lipinski definition) is 3. The lowest BCUT2D eigenvalue weighted by Gasteiger charge is -2.11. The van der Waals surface area contributed by atoms with Gasteiger partial charge in [0.15, 0.2) is 0 Å². The van der Waals surface area contributed by atoms with E-state index in [9.17, 15) is 9.90 Å². The molecule has 0 atom stereocenters. The first-order chi connectivity index (χ1) is 15.1. The van der Waals surface area contributed by atoms with E-state index in [2.05, 4.69) is 20.7 Å². The molecule has 2 aromatic heterocycles. The van der Waals surface area contributed by atoms with Gasteiger partial charge in [-0.2, -0.15) is 5.10 Å². The average Bonchev–Trinajstić information content (AvgIpc) is 3.23. The van der Waals surface area contributed by atoms with Crippen molar-refractivity contribution in [3.63, 3.8) is 0 Å². The summed E-state index contributed by atoms with van der Waals surface area (Å²) in [5.41, 5.74) is 2.98. The molecule has 0 fully saturated rings. The van der Waals surface area contributed by atoms with Gasteiger partial charge in [0.05, 0.1) is 18.5 Å². The summed E-state index contributed by atoms with van der Waals surface area (Å²) in [6, 6.07) is 19.3. The third-order valence-corrected chi connectivity index (χ3v) is 4.44. The molecule has 0 aliphatic carbocycles. The van der Waals surface area contributed by atoms with E-state index in [1.54, 1.807) is 59.5 Å². The van der Waals surface area contributed by atoms with Gasteiger partial charge in [0.2, 0.25) is 0 Å². The first-order valence-electron chi connectivity index (χ1n) is 9.63. The summed E-state index contributed by atoms with van der Waals surface area (Å²) in [5.74, 6) is 1.85. The van der Waals surface area contributed by atoms with Gasteiger partial charge in [-0.25, -0.2) is 9.48 Å². The molecule has 4 rings (SSSR count). The van der Waals surface area contributed by atoms with E-state index in [1.807, 2.05) is 31.2 Å². The Morgan fingerprint density at radius 2 is 1.84 bits per heavy atom. The number of urea groups is 1. The van der Waals surface area contributed by atoms with Crippen molar-refractivity contribution in [2.45, 2.75) is 13.5 Å². The number of anilines is 2. The Hall–Kier alpha value is -4.17. The van der Waals surface area contributed by atoms with E-state index in [0.717, 1.165) is 16.9 Å². The quantitative estimate of drug-likeness (QED) is 0.430. The minimum Gasteiger partial charge on any atom is -0.457 e. The van der Waals surface area contributed by atoms with Crippen molar-refractivity contribution in [2.24, 2.45) is 0 Å². The van der Waals surface area contributed by atoms with Crippen LogP contribution in [0.4, 0.5) is 16.3 Å². The van der Waals surface area contributed by atoms with Gasteiger partial charge < -0.3 is 15.2 Å². The summed E-state index contributed by atoms with van der Waals surface area (Å²) in [6.07, 6.45) is 3.28. The van der Waals surface area contributed by atoms with Crippen molar-refractivity contribution in [3.8, 4) is 17.2 Å². The molecule has 0 bridgehead atoms. The fraction of sp³-hybridized carbons (Fsp3) is 0.0870. The number of nitrogens with one attached hydrogen (secondary N) is 2. The molecular formula is C23H21N5O3. The van der Waals surface area contributed by atoms with Crippen molar-refractivity contribution in [3.05, 3.63) is 90.4 Å². The highest BCUT2D eigenvalue weighted by Gasteiger charge is 2.10. The van der Waals surface area contributed by atoms with Gasteiger partial charge >= 0.3 is 6.03 Å². The maximum absolute atomic E-state index is 12.5. The lowest BCUT2D eigenvalue weighted by Crippen LogP contribution is -2.21. The number of aliphatic hydroxyl groups is 1. The van der Waals surface area contributed by atoms with E-state index in [4.69, 9.17) is 4.74 Å². The van der Waals surface area contributed by atoms with E-state index in [0.29, 0.717) is 23.0 Å². The fourth-order valence-electron chi connectivity index (χ4n) is 2.99. The molecule has 3 N–H and O–H groups in total. The molecule has 31 heavy (non-hydrogen) atoms. The molecule has 8 nitrogen and oxygen atoms in total. The maximum atomic E-state index is 12.5. The Morgan fingerprint density at radius 3 is 2.61 bits per heavy atom. The predicted molar refractivity (Wildman–Crippen MR) is 118 cm³/mol. The van der Waals surface area contributed by atoms with Gasteiger partial charge in [-0.3, -0.25) is 10.3 Å². The van der Waals surface area contributed by atoms with Crippen LogP contribution in [-0.4, -0.2) is 25.9 Å². The molecule has 0 unspecified atom stereocenters. The molecule has 8 heteroatoms. The number of ether oxygens (including phenoxy) is 1. The van der Waals surface area contributed by atoms with Gasteiger partial charge in [0.25, 0.3) is 0 Å². The number of amides is 2. The number of aryl methyl sites for hydroxylation is 1. The van der Waals surface area contributed by atoms with Crippen LogP contribution in [0, 0.1) is 6.92 Å². The third kappa shape index (κ3) is 5.06. The second-order valence-corrected chi connectivity index (χ2v) is 6.79. The first kappa shape index (κ1) is 20.1. The van der Waals surface area contributed by atoms with E-state index < -0.39 is 6.03 Å². The van der Waals surface area contributed by atoms with Crippen LogP contribution in [0.1, 0.15) is 11.3 Å². The summed E-state index contributed by atoms with van der Waals surface area (Å²) in [7, 11) is 0. The molecule has 0 spiro atoms. The number of carbonyl (C=O) groups excluding carboxylic acids is 1. The van der Waals surface area contributed by atoms with Crippen LogP contribution in [0.5, 0.6) is 11.5 Å². The predicted octanol–water partition coefficient (Wildman–Crippen LogP) is 4.50. The van der Waals surface area contributed by atoms with Crippen LogP contribution in [0.3, 0.4) is 0 Å². The number of carbonyl (C=O) groups is 1.